The van der Waals surface area contributed by atoms with Crippen LogP contribution in [0.3, 0.4) is 0 Å². The standard InChI is InChI=1S/C74H62N2O2/c1-5-73(6-2)68-30-17-15-25-63(68)65-47-41-55(49-70(65)73)75(53-37-43-59(44-38-53)77-57-21-11-9-12-22-57)52-35-33-51(34-36-52)61-27-19-29-67-62(61)28-20-32-72(67)76(54-39-45-60(46-40-54)78-58-23-13-10-14-24-58)56-42-48-66-64-26-16-18-31-69(64)74(7-3,8-4)71(66)50-56/h9-50H,5-8H2,1-4H3. The highest BCUT2D eigenvalue weighted by molar-refractivity contribution is 6.06. The second-order valence-corrected chi connectivity index (χ2v) is 20.8. The van der Waals surface area contributed by atoms with E-state index in [4.69, 9.17) is 9.47 Å². The minimum Gasteiger partial charge on any atom is -0.457 e. The molecule has 0 fully saturated rings. The lowest BCUT2D eigenvalue weighted by Gasteiger charge is -2.32. The van der Waals surface area contributed by atoms with E-state index in [1.54, 1.807) is 0 Å². The van der Waals surface area contributed by atoms with Crippen LogP contribution in [0.2, 0.25) is 0 Å². The molecule has 0 heterocycles. The zero-order valence-electron chi connectivity index (χ0n) is 44.8. The van der Waals surface area contributed by atoms with Crippen molar-refractivity contribution in [1.82, 2.24) is 0 Å². The molecule has 2 aliphatic carbocycles. The molecule has 2 aliphatic rings. The Kier molecular flexibility index (Phi) is 12.5. The SMILES string of the molecule is CCC1(CC)c2ccccc2-c2ccc(N(c3ccc(Oc4ccccc4)cc3)c3ccc(-c4cccc5c(N(c6ccc(Oc7ccccc7)cc6)c6ccc7c(c6)C(CC)(CC)c6ccccc6-7)cccc45)cc3)cc21. The van der Waals surface area contributed by atoms with Gasteiger partial charge in [-0.25, -0.2) is 0 Å². The first-order valence-corrected chi connectivity index (χ1v) is 27.8. The number of hydrogen-bond acceptors (Lipinski definition) is 4. The average Bonchev–Trinajstić information content (AvgIpc) is 4.19. The minimum atomic E-state index is -0.0725. The summed E-state index contributed by atoms with van der Waals surface area (Å²) in [4.78, 5) is 4.83. The lowest BCUT2D eigenvalue weighted by Crippen LogP contribution is -2.23. The van der Waals surface area contributed by atoms with Crippen molar-refractivity contribution in [3.63, 3.8) is 0 Å². The van der Waals surface area contributed by atoms with Gasteiger partial charge in [-0.2, -0.15) is 0 Å². The molecule has 380 valence electrons. The minimum absolute atomic E-state index is 0.0596. The van der Waals surface area contributed by atoms with E-state index in [1.165, 1.54) is 60.8 Å². The molecule has 0 amide bonds. The van der Waals surface area contributed by atoms with Crippen molar-refractivity contribution in [2.75, 3.05) is 9.80 Å². The smallest absolute Gasteiger partial charge is 0.127 e. The summed E-state index contributed by atoms with van der Waals surface area (Å²) in [6.45, 7) is 9.37. The predicted octanol–water partition coefficient (Wildman–Crippen LogP) is 21.2. The molecule has 11 aromatic carbocycles. The number of nitrogens with zero attached hydrogens (tertiary/aromatic N) is 2. The largest absolute Gasteiger partial charge is 0.457 e. The van der Waals surface area contributed by atoms with Gasteiger partial charge in [0.05, 0.1) is 5.69 Å². The van der Waals surface area contributed by atoms with Crippen LogP contribution in [0.5, 0.6) is 23.0 Å². The molecular formula is C74H62N2O2. The van der Waals surface area contributed by atoms with E-state index < -0.39 is 0 Å². The second-order valence-electron chi connectivity index (χ2n) is 20.8. The maximum atomic E-state index is 6.33. The fourth-order valence-electron chi connectivity index (χ4n) is 13.2. The van der Waals surface area contributed by atoms with Crippen molar-refractivity contribution >= 4 is 44.9 Å². The molecule has 0 saturated heterocycles. The van der Waals surface area contributed by atoms with Gasteiger partial charge in [-0.05, 0) is 202 Å². The Bertz CT molecular complexity index is 3950. The fourth-order valence-corrected chi connectivity index (χ4v) is 13.2. The van der Waals surface area contributed by atoms with Gasteiger partial charge in [0.1, 0.15) is 23.0 Å². The van der Waals surface area contributed by atoms with E-state index in [0.717, 1.165) is 88.4 Å². The summed E-state index contributed by atoms with van der Waals surface area (Å²) < 4.78 is 12.6. The Morgan fingerprint density at radius 3 is 1.15 bits per heavy atom. The molecular weight excluding hydrogens is 949 g/mol. The number of fused-ring (bicyclic) bond motifs is 7. The molecule has 0 aromatic heterocycles. The van der Waals surface area contributed by atoms with Gasteiger partial charge in [-0.3, -0.25) is 0 Å². The first kappa shape index (κ1) is 48.5. The average molecular weight is 1010 g/mol. The zero-order valence-corrected chi connectivity index (χ0v) is 44.8. The molecule has 0 unspecified atom stereocenters. The van der Waals surface area contributed by atoms with Crippen molar-refractivity contribution in [3.05, 3.63) is 277 Å². The number of anilines is 6. The van der Waals surface area contributed by atoms with E-state index in [-0.39, 0.29) is 10.8 Å². The van der Waals surface area contributed by atoms with Gasteiger partial charge in [0.25, 0.3) is 0 Å². The zero-order chi connectivity index (χ0) is 52.8. The van der Waals surface area contributed by atoms with Crippen molar-refractivity contribution < 1.29 is 9.47 Å². The molecule has 0 aliphatic heterocycles. The summed E-state index contributed by atoms with van der Waals surface area (Å²) >= 11 is 0. The van der Waals surface area contributed by atoms with Crippen LogP contribution in [0.1, 0.15) is 75.6 Å². The third-order valence-corrected chi connectivity index (χ3v) is 17.2. The summed E-state index contributed by atoms with van der Waals surface area (Å²) in [7, 11) is 0. The van der Waals surface area contributed by atoms with Crippen LogP contribution in [0.25, 0.3) is 44.2 Å². The molecule has 78 heavy (non-hydrogen) atoms. The Labute approximate surface area is 459 Å². The van der Waals surface area contributed by atoms with Crippen molar-refractivity contribution in [3.8, 4) is 56.4 Å². The van der Waals surface area contributed by atoms with Crippen LogP contribution in [0.15, 0.2) is 255 Å². The van der Waals surface area contributed by atoms with E-state index in [9.17, 15) is 0 Å². The molecule has 0 spiro atoms. The third-order valence-electron chi connectivity index (χ3n) is 17.2. The van der Waals surface area contributed by atoms with Gasteiger partial charge < -0.3 is 19.3 Å². The van der Waals surface area contributed by atoms with Crippen LogP contribution in [-0.2, 0) is 10.8 Å². The molecule has 4 heteroatoms. The Morgan fingerprint density at radius 2 is 0.654 bits per heavy atom. The van der Waals surface area contributed by atoms with Crippen molar-refractivity contribution in [1.29, 1.82) is 0 Å². The van der Waals surface area contributed by atoms with Crippen LogP contribution < -0.4 is 19.3 Å². The Morgan fingerprint density at radius 1 is 0.282 bits per heavy atom. The summed E-state index contributed by atoms with van der Waals surface area (Å²) in [6.07, 6.45) is 4.09. The summed E-state index contributed by atoms with van der Waals surface area (Å²) in [5.41, 5.74) is 19.7. The number of hydrogen-bond donors (Lipinski definition) is 0. The highest BCUT2D eigenvalue weighted by atomic mass is 16.5. The number of ether oxygens (including phenoxy) is 2. The number of rotatable bonds is 15. The molecule has 11 aromatic rings. The van der Waals surface area contributed by atoms with Crippen molar-refractivity contribution in [2.24, 2.45) is 0 Å². The number of para-hydroxylation sites is 2. The summed E-state index contributed by atoms with van der Waals surface area (Å²) in [6, 6.07) is 92.0. The highest BCUT2D eigenvalue weighted by Gasteiger charge is 2.42. The third kappa shape index (κ3) is 8.14. The monoisotopic (exact) mass is 1010 g/mol. The topological polar surface area (TPSA) is 24.9 Å². The van der Waals surface area contributed by atoms with Crippen LogP contribution >= 0.6 is 0 Å². The quantitative estimate of drug-likeness (QED) is 0.102. The lowest BCUT2D eigenvalue weighted by molar-refractivity contribution is 0.482. The maximum Gasteiger partial charge on any atom is 0.127 e. The van der Waals surface area contributed by atoms with Gasteiger partial charge in [-0.15, -0.1) is 0 Å². The molecule has 0 bridgehead atoms. The molecule has 0 saturated carbocycles. The van der Waals surface area contributed by atoms with Gasteiger partial charge in [0, 0.05) is 44.7 Å². The van der Waals surface area contributed by atoms with Gasteiger partial charge in [-0.1, -0.05) is 167 Å². The van der Waals surface area contributed by atoms with Gasteiger partial charge >= 0.3 is 0 Å². The Hall–Kier alpha value is -9.12. The molecule has 0 radical (unpaired) electrons. The van der Waals surface area contributed by atoms with E-state index in [2.05, 4.69) is 232 Å². The van der Waals surface area contributed by atoms with Crippen LogP contribution in [0.4, 0.5) is 34.1 Å². The van der Waals surface area contributed by atoms with E-state index in [1.807, 2.05) is 60.7 Å². The second kappa shape index (κ2) is 20.1. The van der Waals surface area contributed by atoms with Gasteiger partial charge in [0.15, 0.2) is 0 Å². The predicted molar refractivity (Wildman–Crippen MR) is 325 cm³/mol. The summed E-state index contributed by atoms with van der Waals surface area (Å²) in [5, 5.41) is 2.35. The number of benzene rings is 11. The molecule has 0 atom stereocenters. The Balaban J connectivity index is 0.907. The first-order valence-electron chi connectivity index (χ1n) is 27.8. The normalized spacial score (nSPS) is 13.3. The van der Waals surface area contributed by atoms with Gasteiger partial charge in [0.2, 0.25) is 0 Å². The van der Waals surface area contributed by atoms with Crippen molar-refractivity contribution in [2.45, 2.75) is 64.2 Å². The summed E-state index contributed by atoms with van der Waals surface area (Å²) in [5.74, 6) is 3.21. The first-order chi connectivity index (χ1) is 38.4. The van der Waals surface area contributed by atoms with Crippen LogP contribution in [-0.4, -0.2) is 0 Å². The highest BCUT2D eigenvalue weighted by Crippen LogP contribution is 2.56. The molecule has 0 N–H and O–H groups in total. The fraction of sp³-hybridized carbons (Fsp3) is 0.135. The molecule has 4 nitrogen and oxygen atoms in total. The lowest BCUT2D eigenvalue weighted by atomic mass is 9.74. The van der Waals surface area contributed by atoms with E-state index in [0.29, 0.717) is 0 Å². The molecule has 13 rings (SSSR count). The maximum absolute atomic E-state index is 6.33. The van der Waals surface area contributed by atoms with Crippen LogP contribution in [0, 0.1) is 0 Å². The van der Waals surface area contributed by atoms with E-state index >= 15 is 0 Å².